The van der Waals surface area contributed by atoms with Gasteiger partial charge in [-0.2, -0.15) is 8.42 Å². The highest BCUT2D eigenvalue weighted by atomic mass is 32.2. The summed E-state index contributed by atoms with van der Waals surface area (Å²) < 4.78 is 34.6. The number of anilines is 1. The van der Waals surface area contributed by atoms with E-state index in [0.717, 1.165) is 43.2 Å². The van der Waals surface area contributed by atoms with Gasteiger partial charge in [-0.05, 0) is 49.6 Å². The lowest BCUT2D eigenvalue weighted by atomic mass is 10.2. The summed E-state index contributed by atoms with van der Waals surface area (Å²) in [7, 11) is -2.06. The van der Waals surface area contributed by atoms with Crippen molar-refractivity contribution < 1.29 is 13.2 Å². The third kappa shape index (κ3) is 4.80. The highest BCUT2D eigenvalue weighted by Crippen LogP contribution is 2.22. The number of methoxy groups -OCH3 is 1. The molecule has 0 aliphatic carbocycles. The van der Waals surface area contributed by atoms with Crippen LogP contribution in [-0.2, 0) is 10.0 Å². The van der Waals surface area contributed by atoms with Gasteiger partial charge in [-0.25, -0.2) is 0 Å². The minimum absolute atomic E-state index is 0.224. The summed E-state index contributed by atoms with van der Waals surface area (Å²) in [5.41, 5.74) is 2.15. The molecule has 0 aromatic heterocycles. The van der Waals surface area contributed by atoms with E-state index in [1.807, 2.05) is 42.3 Å². The Hall–Kier alpha value is -2.19. The highest BCUT2D eigenvalue weighted by molar-refractivity contribution is 8.13. The Morgan fingerprint density at radius 3 is 2.14 bits per heavy atom. The van der Waals surface area contributed by atoms with Crippen molar-refractivity contribution in [1.29, 1.82) is 0 Å². The van der Waals surface area contributed by atoms with E-state index in [1.165, 1.54) is 11.8 Å². The van der Waals surface area contributed by atoms with Crippen molar-refractivity contribution in [2.24, 2.45) is 4.40 Å². The number of sulfonamides is 1. The van der Waals surface area contributed by atoms with Crippen LogP contribution in [0.15, 0.2) is 57.8 Å². The molecule has 1 fully saturated rings. The maximum atomic E-state index is 12.7. The normalized spacial score (nSPS) is 15.6. The Morgan fingerprint density at radius 2 is 1.61 bits per heavy atom. The summed E-state index contributed by atoms with van der Waals surface area (Å²) >= 11 is 1.36. The molecule has 28 heavy (non-hydrogen) atoms. The fourth-order valence-corrected chi connectivity index (χ4v) is 4.98. The first-order valence-corrected chi connectivity index (χ1v) is 11.7. The number of thioether (sulfide) groups is 1. The molecule has 0 amide bonds. The van der Waals surface area contributed by atoms with E-state index in [0.29, 0.717) is 5.17 Å². The number of nitrogens with zero attached hydrogens (tertiary/aromatic N) is 3. The maximum Gasteiger partial charge on any atom is 0.284 e. The number of benzene rings is 2. The van der Waals surface area contributed by atoms with Gasteiger partial charge >= 0.3 is 0 Å². The summed E-state index contributed by atoms with van der Waals surface area (Å²) in [4.78, 5) is 4.54. The van der Waals surface area contributed by atoms with Crippen LogP contribution in [0.25, 0.3) is 0 Å². The maximum absolute atomic E-state index is 12.7. The zero-order valence-electron chi connectivity index (χ0n) is 16.3. The Labute approximate surface area is 171 Å². The van der Waals surface area contributed by atoms with Crippen LogP contribution in [0.1, 0.15) is 5.56 Å². The molecule has 0 N–H and O–H groups in total. The molecule has 3 rings (SSSR count). The predicted molar refractivity (Wildman–Crippen MR) is 116 cm³/mol. The first-order chi connectivity index (χ1) is 13.4. The van der Waals surface area contributed by atoms with Crippen molar-refractivity contribution in [2.45, 2.75) is 11.8 Å². The SMILES string of the molecule is COc1ccc(N2CCN(/C(=N/S(=O)(=O)c3ccc(C)cc3)SC)CC2)cc1. The Morgan fingerprint density at radius 1 is 1.00 bits per heavy atom. The second kappa shape index (κ2) is 8.87. The van der Waals surface area contributed by atoms with Crippen molar-refractivity contribution >= 4 is 32.6 Å². The second-order valence-electron chi connectivity index (χ2n) is 6.54. The molecule has 0 atom stereocenters. The van der Waals surface area contributed by atoms with Crippen LogP contribution in [0.3, 0.4) is 0 Å². The first-order valence-electron chi connectivity index (χ1n) is 9.02. The van der Waals surface area contributed by atoms with Gasteiger partial charge in [0.25, 0.3) is 10.0 Å². The summed E-state index contributed by atoms with van der Waals surface area (Å²) in [5, 5.41) is 0.537. The van der Waals surface area contributed by atoms with E-state index in [4.69, 9.17) is 4.74 Å². The summed E-state index contributed by atoms with van der Waals surface area (Å²) in [6.45, 7) is 4.96. The van der Waals surface area contributed by atoms with Crippen LogP contribution < -0.4 is 9.64 Å². The van der Waals surface area contributed by atoms with Gasteiger partial charge in [0.15, 0.2) is 5.17 Å². The lowest BCUT2D eigenvalue weighted by molar-refractivity contribution is 0.392. The van der Waals surface area contributed by atoms with Crippen molar-refractivity contribution in [3.05, 3.63) is 54.1 Å². The molecule has 0 bridgehead atoms. The third-order valence-corrected chi connectivity index (χ3v) is 6.80. The molecule has 1 heterocycles. The zero-order valence-corrected chi connectivity index (χ0v) is 18.0. The Kier molecular flexibility index (Phi) is 6.51. The molecule has 0 saturated carbocycles. The highest BCUT2D eigenvalue weighted by Gasteiger charge is 2.22. The first kappa shape index (κ1) is 20.5. The van der Waals surface area contributed by atoms with Gasteiger partial charge in [-0.3, -0.25) is 0 Å². The van der Waals surface area contributed by atoms with Crippen molar-refractivity contribution in [1.82, 2.24) is 4.90 Å². The molecule has 2 aromatic carbocycles. The van der Waals surface area contributed by atoms with Gasteiger partial charge in [0.05, 0.1) is 12.0 Å². The molecule has 1 saturated heterocycles. The lowest BCUT2D eigenvalue weighted by Crippen LogP contribution is -2.48. The minimum atomic E-state index is -3.71. The standard InChI is InChI=1S/C20H25N3O3S2/c1-16-4-10-19(11-5-16)28(24,25)21-20(27-3)23-14-12-22(13-15-23)17-6-8-18(26-2)9-7-17/h4-11H,12-15H2,1-3H3/b21-20-. The molecule has 0 unspecified atom stereocenters. The molecule has 0 spiro atoms. The van der Waals surface area contributed by atoms with E-state index in [-0.39, 0.29) is 4.90 Å². The van der Waals surface area contributed by atoms with Gasteiger partial charge in [-0.15, -0.1) is 4.40 Å². The van der Waals surface area contributed by atoms with Crippen molar-refractivity contribution in [2.75, 3.05) is 44.4 Å². The van der Waals surface area contributed by atoms with Crippen LogP contribution >= 0.6 is 11.8 Å². The molecule has 1 aliphatic heterocycles. The topological polar surface area (TPSA) is 62.2 Å². The number of hydrogen-bond donors (Lipinski definition) is 0. The van der Waals surface area contributed by atoms with E-state index < -0.39 is 10.0 Å². The number of rotatable bonds is 4. The molecule has 2 aromatic rings. The van der Waals surface area contributed by atoms with Gasteiger partial charge in [0.1, 0.15) is 5.75 Å². The zero-order chi connectivity index (χ0) is 20.1. The molecule has 150 valence electrons. The van der Waals surface area contributed by atoms with E-state index >= 15 is 0 Å². The fraction of sp³-hybridized carbons (Fsp3) is 0.350. The minimum Gasteiger partial charge on any atom is -0.497 e. The van der Waals surface area contributed by atoms with Gasteiger partial charge < -0.3 is 14.5 Å². The monoisotopic (exact) mass is 419 g/mol. The number of hydrogen-bond acceptors (Lipinski definition) is 5. The summed E-state index contributed by atoms with van der Waals surface area (Å²) in [5.74, 6) is 0.834. The lowest BCUT2D eigenvalue weighted by Gasteiger charge is -2.37. The number of piperazine rings is 1. The Bertz CT molecular complexity index is 918. The van der Waals surface area contributed by atoms with Crippen molar-refractivity contribution in [3.63, 3.8) is 0 Å². The number of ether oxygens (including phenoxy) is 1. The summed E-state index contributed by atoms with van der Waals surface area (Å²) in [6, 6.07) is 14.8. The number of aryl methyl sites for hydroxylation is 1. The average molecular weight is 420 g/mol. The Balaban J connectivity index is 1.70. The fourth-order valence-electron chi connectivity index (χ4n) is 3.04. The van der Waals surface area contributed by atoms with E-state index in [1.54, 1.807) is 31.4 Å². The van der Waals surface area contributed by atoms with E-state index in [2.05, 4.69) is 9.30 Å². The largest absolute Gasteiger partial charge is 0.497 e. The average Bonchev–Trinajstić information content (AvgIpc) is 2.72. The molecule has 8 heteroatoms. The van der Waals surface area contributed by atoms with Crippen LogP contribution in [-0.4, -0.2) is 58.0 Å². The van der Waals surface area contributed by atoms with Crippen LogP contribution in [0.4, 0.5) is 5.69 Å². The molecule has 1 aliphatic rings. The van der Waals surface area contributed by atoms with Crippen molar-refractivity contribution in [3.8, 4) is 5.75 Å². The molecular formula is C20H25N3O3S2. The smallest absolute Gasteiger partial charge is 0.284 e. The summed E-state index contributed by atoms with van der Waals surface area (Å²) in [6.07, 6.45) is 1.86. The third-order valence-electron chi connectivity index (χ3n) is 4.69. The van der Waals surface area contributed by atoms with Crippen LogP contribution in [0.5, 0.6) is 5.75 Å². The molecule has 0 radical (unpaired) electrons. The predicted octanol–water partition coefficient (Wildman–Crippen LogP) is 3.23. The molecule has 6 nitrogen and oxygen atoms in total. The van der Waals surface area contributed by atoms with Gasteiger partial charge in [-0.1, -0.05) is 29.5 Å². The molecular weight excluding hydrogens is 394 g/mol. The van der Waals surface area contributed by atoms with Crippen LogP contribution in [0, 0.1) is 6.92 Å². The van der Waals surface area contributed by atoms with E-state index in [9.17, 15) is 8.42 Å². The van der Waals surface area contributed by atoms with Gasteiger partial charge in [0, 0.05) is 31.9 Å². The van der Waals surface area contributed by atoms with Crippen LogP contribution in [0.2, 0.25) is 0 Å². The van der Waals surface area contributed by atoms with Gasteiger partial charge in [0.2, 0.25) is 0 Å². The second-order valence-corrected chi connectivity index (χ2v) is 8.92. The number of amidine groups is 1. The quantitative estimate of drug-likeness (QED) is 0.560.